The summed E-state index contributed by atoms with van der Waals surface area (Å²) in [6.07, 6.45) is 0. The number of hydrogen-bond acceptors (Lipinski definition) is 4. The van der Waals surface area contributed by atoms with Crippen LogP contribution in [0.5, 0.6) is 5.75 Å². The first-order valence-electron chi connectivity index (χ1n) is 4.05. The van der Waals surface area contributed by atoms with Gasteiger partial charge in [-0.1, -0.05) is 0 Å². The Labute approximate surface area is 89.8 Å². The summed E-state index contributed by atoms with van der Waals surface area (Å²) < 4.78 is 18.3. The van der Waals surface area contributed by atoms with E-state index >= 15 is 0 Å². The molecule has 2 rings (SSSR count). The lowest BCUT2D eigenvalue weighted by Crippen LogP contribution is -2.25. The van der Waals surface area contributed by atoms with Crippen LogP contribution in [-0.4, -0.2) is 17.7 Å². The van der Waals surface area contributed by atoms with Crippen LogP contribution in [0.1, 0.15) is 0 Å². The van der Waals surface area contributed by atoms with Crippen molar-refractivity contribution in [1.29, 1.82) is 0 Å². The first kappa shape index (κ1) is 9.76. The molecule has 0 radical (unpaired) electrons. The van der Waals surface area contributed by atoms with Gasteiger partial charge in [0.05, 0.1) is 10.8 Å². The van der Waals surface area contributed by atoms with Gasteiger partial charge < -0.3 is 10.1 Å². The van der Waals surface area contributed by atoms with Gasteiger partial charge in [0.2, 0.25) is 0 Å². The lowest BCUT2D eigenvalue weighted by atomic mass is 10.2. The number of benzene rings is 1. The molecular weight excluding hydrogens is 219 g/mol. The number of nitrogens with one attached hydrogen (secondary N) is 1. The van der Waals surface area contributed by atoms with Gasteiger partial charge in [0.15, 0.2) is 12.4 Å². The van der Waals surface area contributed by atoms with Gasteiger partial charge in [-0.15, -0.1) is 0 Å². The maximum Gasteiger partial charge on any atom is 0.262 e. The molecule has 1 N–H and O–H groups in total. The predicted molar refractivity (Wildman–Crippen MR) is 55.2 cm³/mol. The number of isothiocyanates is 1. The van der Waals surface area contributed by atoms with Gasteiger partial charge >= 0.3 is 0 Å². The Kier molecular flexibility index (Phi) is 2.45. The van der Waals surface area contributed by atoms with Crippen LogP contribution in [0.25, 0.3) is 0 Å². The zero-order valence-corrected chi connectivity index (χ0v) is 8.23. The second-order valence-corrected chi connectivity index (χ2v) is 3.02. The minimum atomic E-state index is -0.567. The number of halogens is 1. The lowest BCUT2D eigenvalue weighted by Gasteiger charge is -2.17. The molecule has 0 atom stereocenters. The van der Waals surface area contributed by atoms with Crippen molar-refractivity contribution in [3.05, 3.63) is 17.9 Å². The van der Waals surface area contributed by atoms with Gasteiger partial charge in [0, 0.05) is 6.07 Å². The van der Waals surface area contributed by atoms with E-state index in [0.717, 1.165) is 6.07 Å². The molecule has 1 aliphatic rings. The molecule has 0 unspecified atom stereocenters. The summed E-state index contributed by atoms with van der Waals surface area (Å²) in [5, 5.41) is 4.59. The number of rotatable bonds is 1. The largest absolute Gasteiger partial charge is 0.481 e. The molecule has 76 valence electrons. The van der Waals surface area contributed by atoms with Crippen molar-refractivity contribution in [3.63, 3.8) is 0 Å². The number of thiocarbonyl (C=S) groups is 1. The molecule has 0 aromatic heterocycles. The average molecular weight is 224 g/mol. The molecule has 1 amide bonds. The number of amides is 1. The number of ether oxygens (including phenoxy) is 1. The molecule has 0 spiro atoms. The van der Waals surface area contributed by atoms with Crippen molar-refractivity contribution in [2.45, 2.75) is 0 Å². The molecule has 15 heavy (non-hydrogen) atoms. The van der Waals surface area contributed by atoms with Gasteiger partial charge in [0.1, 0.15) is 11.4 Å². The monoisotopic (exact) mass is 224 g/mol. The third kappa shape index (κ3) is 1.86. The maximum atomic E-state index is 13.3. The van der Waals surface area contributed by atoms with E-state index < -0.39 is 5.82 Å². The summed E-state index contributed by atoms with van der Waals surface area (Å²) >= 11 is 4.37. The molecule has 0 saturated carbocycles. The summed E-state index contributed by atoms with van der Waals surface area (Å²) in [5.41, 5.74) is 0.409. The van der Waals surface area contributed by atoms with E-state index in [2.05, 4.69) is 27.7 Å². The number of carbonyl (C=O) groups excluding carboxylic acids is 1. The fraction of sp³-hybridized carbons (Fsp3) is 0.111. The van der Waals surface area contributed by atoms with E-state index in [4.69, 9.17) is 4.74 Å². The number of carbonyl (C=O) groups is 1. The van der Waals surface area contributed by atoms with Gasteiger partial charge in [-0.2, -0.15) is 4.99 Å². The fourth-order valence-electron chi connectivity index (χ4n) is 1.23. The quantitative estimate of drug-likeness (QED) is 0.585. The predicted octanol–water partition coefficient (Wildman–Crippen LogP) is 1.89. The molecule has 1 aromatic rings. The van der Waals surface area contributed by atoms with Crippen molar-refractivity contribution < 1.29 is 13.9 Å². The number of fused-ring (bicyclic) bond motifs is 1. The van der Waals surface area contributed by atoms with Crippen LogP contribution >= 0.6 is 12.2 Å². The number of nitrogens with zero attached hydrogens (tertiary/aromatic N) is 1. The summed E-state index contributed by atoms with van der Waals surface area (Å²) in [4.78, 5) is 14.5. The normalized spacial score (nSPS) is 13.3. The Morgan fingerprint density at radius 2 is 2.40 bits per heavy atom. The summed E-state index contributed by atoms with van der Waals surface area (Å²) in [7, 11) is 0. The maximum absolute atomic E-state index is 13.3. The van der Waals surface area contributed by atoms with Crippen molar-refractivity contribution >= 4 is 34.7 Å². The molecule has 0 fully saturated rings. The van der Waals surface area contributed by atoms with E-state index in [1.54, 1.807) is 0 Å². The van der Waals surface area contributed by atoms with E-state index in [0.29, 0.717) is 5.69 Å². The van der Waals surface area contributed by atoms with E-state index in [1.807, 2.05) is 0 Å². The Balaban J connectivity index is 2.51. The lowest BCUT2D eigenvalue weighted by molar-refractivity contribution is -0.118. The first-order chi connectivity index (χ1) is 7.20. The third-order valence-electron chi connectivity index (χ3n) is 1.85. The van der Waals surface area contributed by atoms with Crippen LogP contribution in [0.3, 0.4) is 0 Å². The van der Waals surface area contributed by atoms with E-state index in [-0.39, 0.29) is 24.0 Å². The van der Waals surface area contributed by atoms with Crippen LogP contribution in [0.2, 0.25) is 0 Å². The molecule has 6 heteroatoms. The average Bonchev–Trinajstić information content (AvgIpc) is 2.20. The van der Waals surface area contributed by atoms with Crippen LogP contribution < -0.4 is 10.1 Å². The third-order valence-corrected chi connectivity index (χ3v) is 1.94. The number of anilines is 1. The first-order valence-corrected chi connectivity index (χ1v) is 4.45. The Morgan fingerprint density at radius 3 is 3.13 bits per heavy atom. The minimum absolute atomic E-state index is 0.0227. The Morgan fingerprint density at radius 1 is 1.60 bits per heavy atom. The van der Waals surface area contributed by atoms with Crippen molar-refractivity contribution in [2.75, 3.05) is 11.9 Å². The van der Waals surface area contributed by atoms with Gasteiger partial charge in [0.25, 0.3) is 5.91 Å². The molecule has 0 saturated heterocycles. The Bertz CT molecular complexity index is 483. The van der Waals surface area contributed by atoms with Crippen molar-refractivity contribution in [3.8, 4) is 5.75 Å². The number of hydrogen-bond donors (Lipinski definition) is 1. The summed E-state index contributed by atoms with van der Waals surface area (Å²) in [6.45, 7) is -0.109. The zero-order valence-electron chi connectivity index (χ0n) is 7.41. The Hall–Kier alpha value is -1.78. The second-order valence-electron chi connectivity index (χ2n) is 2.84. The molecule has 4 nitrogen and oxygen atoms in total. The van der Waals surface area contributed by atoms with Crippen LogP contribution in [0.15, 0.2) is 17.1 Å². The van der Waals surface area contributed by atoms with E-state index in [9.17, 15) is 9.18 Å². The fourth-order valence-corrected chi connectivity index (χ4v) is 1.32. The standard InChI is InChI=1S/C9H5FN2O2S/c10-5-1-8-7(2-6(5)11-4-15)12-9(13)3-14-8/h1-2H,3H2,(H,12,13). The molecule has 1 aromatic carbocycles. The molecule has 1 heterocycles. The van der Waals surface area contributed by atoms with E-state index in [1.165, 1.54) is 6.07 Å². The summed E-state index contributed by atoms with van der Waals surface area (Å²) in [6, 6.07) is 2.50. The van der Waals surface area contributed by atoms with Crippen LogP contribution in [-0.2, 0) is 4.79 Å². The second kappa shape index (κ2) is 3.76. The van der Waals surface area contributed by atoms with Gasteiger partial charge in [-0.25, -0.2) is 4.39 Å². The van der Waals surface area contributed by atoms with Crippen LogP contribution in [0, 0.1) is 5.82 Å². The number of aliphatic imine (C=N–C) groups is 1. The van der Waals surface area contributed by atoms with Crippen molar-refractivity contribution in [2.24, 2.45) is 4.99 Å². The minimum Gasteiger partial charge on any atom is -0.481 e. The highest BCUT2D eigenvalue weighted by atomic mass is 32.1. The molecule has 0 aliphatic carbocycles. The highest BCUT2D eigenvalue weighted by Crippen LogP contribution is 2.33. The van der Waals surface area contributed by atoms with Crippen LogP contribution in [0.4, 0.5) is 15.8 Å². The van der Waals surface area contributed by atoms with Gasteiger partial charge in [-0.05, 0) is 18.3 Å². The summed E-state index contributed by atoms with van der Waals surface area (Å²) in [5.74, 6) is -0.566. The molecule has 0 bridgehead atoms. The highest BCUT2D eigenvalue weighted by molar-refractivity contribution is 7.78. The smallest absolute Gasteiger partial charge is 0.262 e. The van der Waals surface area contributed by atoms with Crippen molar-refractivity contribution in [1.82, 2.24) is 0 Å². The van der Waals surface area contributed by atoms with Gasteiger partial charge in [-0.3, -0.25) is 4.79 Å². The molecular formula is C9H5FN2O2S. The topological polar surface area (TPSA) is 50.7 Å². The SMILES string of the molecule is O=C1COc2cc(F)c(N=C=S)cc2N1. The highest BCUT2D eigenvalue weighted by Gasteiger charge is 2.18. The zero-order chi connectivity index (χ0) is 10.8. The molecule has 1 aliphatic heterocycles.